The van der Waals surface area contributed by atoms with E-state index in [0.29, 0.717) is 12.0 Å². The lowest BCUT2D eigenvalue weighted by molar-refractivity contribution is 0.0548. The first-order valence-corrected chi connectivity index (χ1v) is 6.50. The van der Waals surface area contributed by atoms with Gasteiger partial charge in [-0.15, -0.1) is 0 Å². The van der Waals surface area contributed by atoms with E-state index in [4.69, 9.17) is 0 Å². The average Bonchev–Trinajstić information content (AvgIpc) is 2.58. The number of nitrogens with one attached hydrogen (secondary N) is 2. The fraction of sp³-hybridized carbons (Fsp3) is 1.00. The Labute approximate surface area is 92.6 Å². The normalized spacial score (nSPS) is 35.8. The number of aliphatic hydroxyl groups excluding tert-OH is 1. The fourth-order valence-corrected chi connectivity index (χ4v) is 2.85. The summed E-state index contributed by atoms with van der Waals surface area (Å²) in [6.07, 6.45) is 7.27. The molecule has 2 aliphatic heterocycles. The lowest BCUT2D eigenvalue weighted by Gasteiger charge is -2.32. The van der Waals surface area contributed by atoms with Gasteiger partial charge >= 0.3 is 0 Å². The van der Waals surface area contributed by atoms with Crippen LogP contribution in [0.3, 0.4) is 0 Å². The highest BCUT2D eigenvalue weighted by Gasteiger charge is 2.28. The molecule has 88 valence electrons. The Morgan fingerprint density at radius 1 is 1.00 bits per heavy atom. The Morgan fingerprint density at radius 3 is 2.73 bits per heavy atom. The van der Waals surface area contributed by atoms with E-state index in [9.17, 15) is 5.11 Å². The molecule has 2 saturated heterocycles. The number of aliphatic hydroxyl groups is 1. The molecule has 3 nitrogen and oxygen atoms in total. The highest BCUT2D eigenvalue weighted by molar-refractivity contribution is 4.85. The van der Waals surface area contributed by atoms with Crippen molar-refractivity contribution in [2.75, 3.05) is 19.6 Å². The van der Waals surface area contributed by atoms with Crippen molar-refractivity contribution < 1.29 is 5.11 Å². The standard InChI is InChI=1S/C12H24N2O/c15-12(10-5-4-7-13-9-10)11-6-2-1-3-8-14-11/h10-15H,1-9H2. The van der Waals surface area contributed by atoms with Gasteiger partial charge in [0.05, 0.1) is 6.10 Å². The molecule has 3 unspecified atom stereocenters. The highest BCUT2D eigenvalue weighted by atomic mass is 16.3. The largest absolute Gasteiger partial charge is 0.391 e. The van der Waals surface area contributed by atoms with Crippen LogP contribution < -0.4 is 10.6 Å². The quantitative estimate of drug-likeness (QED) is 0.636. The van der Waals surface area contributed by atoms with E-state index in [1.54, 1.807) is 0 Å². The lowest BCUT2D eigenvalue weighted by atomic mass is 9.88. The first-order valence-electron chi connectivity index (χ1n) is 6.50. The monoisotopic (exact) mass is 212 g/mol. The Morgan fingerprint density at radius 2 is 1.93 bits per heavy atom. The van der Waals surface area contributed by atoms with Crippen LogP contribution in [0.1, 0.15) is 38.5 Å². The Kier molecular flexibility index (Phi) is 4.42. The van der Waals surface area contributed by atoms with Crippen LogP contribution in [-0.4, -0.2) is 36.9 Å². The summed E-state index contributed by atoms with van der Waals surface area (Å²) in [5, 5.41) is 17.2. The summed E-state index contributed by atoms with van der Waals surface area (Å²) >= 11 is 0. The molecule has 3 atom stereocenters. The summed E-state index contributed by atoms with van der Waals surface area (Å²) in [7, 11) is 0. The van der Waals surface area contributed by atoms with Crippen LogP contribution in [0.4, 0.5) is 0 Å². The summed E-state index contributed by atoms with van der Waals surface area (Å²) in [6.45, 7) is 3.21. The van der Waals surface area contributed by atoms with Gasteiger partial charge in [-0.1, -0.05) is 12.8 Å². The zero-order chi connectivity index (χ0) is 10.5. The van der Waals surface area contributed by atoms with Crippen molar-refractivity contribution in [2.24, 2.45) is 5.92 Å². The molecule has 0 amide bonds. The highest BCUT2D eigenvalue weighted by Crippen LogP contribution is 2.21. The first-order chi connectivity index (χ1) is 7.38. The first kappa shape index (κ1) is 11.4. The number of hydrogen-bond acceptors (Lipinski definition) is 3. The minimum atomic E-state index is -0.143. The van der Waals surface area contributed by atoms with Gasteiger partial charge in [0, 0.05) is 12.6 Å². The molecule has 0 spiro atoms. The minimum Gasteiger partial charge on any atom is -0.391 e. The third-order valence-corrected chi connectivity index (χ3v) is 3.83. The van der Waals surface area contributed by atoms with Gasteiger partial charge in [0.1, 0.15) is 0 Å². The number of piperidine rings is 1. The van der Waals surface area contributed by atoms with Crippen LogP contribution in [0.15, 0.2) is 0 Å². The van der Waals surface area contributed by atoms with E-state index in [-0.39, 0.29) is 6.10 Å². The van der Waals surface area contributed by atoms with Gasteiger partial charge in [0.15, 0.2) is 0 Å². The zero-order valence-electron chi connectivity index (χ0n) is 9.54. The maximum Gasteiger partial charge on any atom is 0.0733 e. The molecule has 2 rings (SSSR count). The Balaban J connectivity index is 1.83. The van der Waals surface area contributed by atoms with Gasteiger partial charge in [-0.3, -0.25) is 0 Å². The van der Waals surface area contributed by atoms with E-state index in [1.165, 1.54) is 32.1 Å². The maximum atomic E-state index is 10.3. The average molecular weight is 212 g/mol. The van der Waals surface area contributed by atoms with E-state index >= 15 is 0 Å². The summed E-state index contributed by atoms with van der Waals surface area (Å²) in [5.41, 5.74) is 0. The fourth-order valence-electron chi connectivity index (χ4n) is 2.85. The molecule has 2 fully saturated rings. The van der Waals surface area contributed by atoms with Gasteiger partial charge in [-0.05, 0) is 44.7 Å². The second-order valence-corrected chi connectivity index (χ2v) is 5.01. The molecule has 0 radical (unpaired) electrons. The zero-order valence-corrected chi connectivity index (χ0v) is 9.54. The summed E-state index contributed by atoms with van der Waals surface area (Å²) in [4.78, 5) is 0. The van der Waals surface area contributed by atoms with Crippen LogP contribution in [0.25, 0.3) is 0 Å². The molecule has 2 heterocycles. The van der Waals surface area contributed by atoms with E-state index in [2.05, 4.69) is 10.6 Å². The molecule has 0 aromatic heterocycles. The molecule has 15 heavy (non-hydrogen) atoms. The van der Waals surface area contributed by atoms with Gasteiger partial charge in [0.25, 0.3) is 0 Å². The maximum absolute atomic E-state index is 10.3. The van der Waals surface area contributed by atoms with Crippen LogP contribution in [-0.2, 0) is 0 Å². The Bertz CT molecular complexity index is 172. The smallest absolute Gasteiger partial charge is 0.0733 e. The van der Waals surface area contributed by atoms with Crippen LogP contribution >= 0.6 is 0 Å². The molecule has 3 N–H and O–H groups in total. The molecule has 2 aliphatic rings. The third kappa shape index (κ3) is 3.16. The lowest BCUT2D eigenvalue weighted by Crippen LogP contribution is -2.47. The molecule has 0 aromatic rings. The Hall–Kier alpha value is -0.120. The van der Waals surface area contributed by atoms with Gasteiger partial charge in [-0.25, -0.2) is 0 Å². The molecular formula is C12H24N2O. The molecule has 3 heteroatoms. The summed E-state index contributed by atoms with van der Waals surface area (Å²) in [5.74, 6) is 0.467. The molecule has 0 aromatic carbocycles. The summed E-state index contributed by atoms with van der Waals surface area (Å²) in [6, 6.07) is 0.345. The summed E-state index contributed by atoms with van der Waals surface area (Å²) < 4.78 is 0. The van der Waals surface area contributed by atoms with Crippen molar-refractivity contribution in [3.63, 3.8) is 0 Å². The molecular weight excluding hydrogens is 188 g/mol. The van der Waals surface area contributed by atoms with E-state index in [1.807, 2.05) is 0 Å². The van der Waals surface area contributed by atoms with E-state index < -0.39 is 0 Å². The second kappa shape index (κ2) is 5.83. The predicted molar refractivity (Wildman–Crippen MR) is 61.9 cm³/mol. The topological polar surface area (TPSA) is 44.3 Å². The van der Waals surface area contributed by atoms with Crippen molar-refractivity contribution in [1.29, 1.82) is 0 Å². The van der Waals surface area contributed by atoms with Crippen LogP contribution in [0.5, 0.6) is 0 Å². The van der Waals surface area contributed by atoms with Gasteiger partial charge in [0.2, 0.25) is 0 Å². The van der Waals surface area contributed by atoms with Crippen molar-refractivity contribution in [1.82, 2.24) is 10.6 Å². The molecule has 0 bridgehead atoms. The predicted octanol–water partition coefficient (Wildman–Crippen LogP) is 0.879. The van der Waals surface area contributed by atoms with Crippen molar-refractivity contribution in [3.05, 3.63) is 0 Å². The number of hydrogen-bond donors (Lipinski definition) is 3. The van der Waals surface area contributed by atoms with E-state index in [0.717, 1.165) is 26.1 Å². The molecule has 0 saturated carbocycles. The second-order valence-electron chi connectivity index (χ2n) is 5.01. The number of rotatable bonds is 2. The van der Waals surface area contributed by atoms with Crippen LogP contribution in [0, 0.1) is 5.92 Å². The minimum absolute atomic E-state index is 0.143. The van der Waals surface area contributed by atoms with Crippen molar-refractivity contribution in [2.45, 2.75) is 50.7 Å². The van der Waals surface area contributed by atoms with Gasteiger partial charge in [-0.2, -0.15) is 0 Å². The van der Waals surface area contributed by atoms with Gasteiger partial charge < -0.3 is 15.7 Å². The van der Waals surface area contributed by atoms with Crippen LogP contribution in [0.2, 0.25) is 0 Å². The van der Waals surface area contributed by atoms with Crippen molar-refractivity contribution in [3.8, 4) is 0 Å². The van der Waals surface area contributed by atoms with Crippen molar-refractivity contribution >= 4 is 0 Å². The third-order valence-electron chi connectivity index (χ3n) is 3.83. The SMILES string of the molecule is OC(C1CCCNC1)C1CCCCCN1. The molecule has 0 aliphatic carbocycles.